The zero-order valence-electron chi connectivity index (χ0n) is 14.8. The van der Waals surface area contributed by atoms with E-state index in [0.717, 1.165) is 29.6 Å². The van der Waals surface area contributed by atoms with Crippen LogP contribution >= 0.6 is 0 Å². The number of nitrogens with zero attached hydrogens (tertiary/aromatic N) is 1. The quantitative estimate of drug-likeness (QED) is 0.378. The fourth-order valence-corrected chi connectivity index (χ4v) is 3.93. The summed E-state index contributed by atoms with van der Waals surface area (Å²) < 4.78 is 0. The Morgan fingerprint density at radius 3 is 2.57 bits per heavy atom. The molecule has 1 nitrogen and oxygen atoms in total. The first-order valence-corrected chi connectivity index (χ1v) is 9.14. The second kappa shape index (κ2) is 7.11. The van der Waals surface area contributed by atoms with Gasteiger partial charge in [-0.1, -0.05) is 45.8 Å². The number of allylic oxidation sites excluding steroid dienone is 2. The molecule has 2 aliphatic carbocycles. The van der Waals surface area contributed by atoms with Crippen LogP contribution in [0.1, 0.15) is 66.7 Å². The van der Waals surface area contributed by atoms with E-state index in [0.29, 0.717) is 12.0 Å². The zero-order chi connectivity index (χ0) is 15.6. The van der Waals surface area contributed by atoms with Gasteiger partial charge in [0.05, 0.1) is 0 Å². The van der Waals surface area contributed by atoms with Gasteiger partial charge in [-0.3, -0.25) is 4.99 Å². The minimum absolute atomic E-state index is 0.402. The van der Waals surface area contributed by atoms with Gasteiger partial charge in [0.2, 0.25) is 0 Å². The molecule has 120 valence electrons. The van der Waals surface area contributed by atoms with Crippen molar-refractivity contribution in [3.8, 4) is 0 Å². The normalized spacial score (nSPS) is 35.1. The van der Waals surface area contributed by atoms with Gasteiger partial charge in [0.25, 0.3) is 0 Å². The van der Waals surface area contributed by atoms with Crippen LogP contribution in [0.4, 0.5) is 0 Å². The standard InChI is InChI=1S/C20H35N/c1-7-17-11-19(17)10-14(3)20-12-18(20)9-8-13(2)15(4)16(5)21-6/h10,13-18,20H,6-9,11-12H2,1-5H3/b19-10+. The third-order valence-corrected chi connectivity index (χ3v) is 6.41. The maximum atomic E-state index is 4.19. The van der Waals surface area contributed by atoms with Gasteiger partial charge in [-0.15, -0.1) is 0 Å². The lowest BCUT2D eigenvalue weighted by Crippen LogP contribution is -2.19. The SMILES string of the molecule is C=NC(C)C(C)C(C)CCC1CC1C(C)/C=C1\CC1CC. The van der Waals surface area contributed by atoms with Crippen LogP contribution in [0, 0.1) is 35.5 Å². The molecular weight excluding hydrogens is 254 g/mol. The summed E-state index contributed by atoms with van der Waals surface area (Å²) in [6.45, 7) is 15.4. The minimum Gasteiger partial charge on any atom is -0.298 e. The molecule has 0 spiro atoms. The molecule has 0 radical (unpaired) electrons. The Balaban J connectivity index is 1.68. The molecule has 0 aromatic rings. The first-order chi connectivity index (χ1) is 9.97. The zero-order valence-corrected chi connectivity index (χ0v) is 14.8. The van der Waals surface area contributed by atoms with E-state index in [9.17, 15) is 0 Å². The highest BCUT2D eigenvalue weighted by Crippen LogP contribution is 2.50. The fraction of sp³-hybridized carbons (Fsp3) is 0.850. The van der Waals surface area contributed by atoms with Gasteiger partial charge < -0.3 is 0 Å². The van der Waals surface area contributed by atoms with Crippen LogP contribution in [-0.4, -0.2) is 12.8 Å². The predicted molar refractivity (Wildman–Crippen MR) is 93.8 cm³/mol. The van der Waals surface area contributed by atoms with Gasteiger partial charge in [0.15, 0.2) is 0 Å². The van der Waals surface area contributed by atoms with Crippen LogP contribution in [0.15, 0.2) is 16.6 Å². The van der Waals surface area contributed by atoms with Crippen LogP contribution < -0.4 is 0 Å². The summed E-state index contributed by atoms with van der Waals surface area (Å²) in [5.74, 6) is 5.18. The van der Waals surface area contributed by atoms with E-state index >= 15 is 0 Å². The maximum Gasteiger partial charge on any atom is 0.0492 e. The van der Waals surface area contributed by atoms with Crippen LogP contribution in [0.5, 0.6) is 0 Å². The lowest BCUT2D eigenvalue weighted by atomic mass is 9.86. The summed E-state index contributed by atoms with van der Waals surface area (Å²) >= 11 is 0. The monoisotopic (exact) mass is 289 g/mol. The second-order valence-electron chi connectivity index (χ2n) is 7.91. The van der Waals surface area contributed by atoms with Crippen molar-refractivity contribution in [3.63, 3.8) is 0 Å². The molecule has 0 amide bonds. The Kier molecular flexibility index (Phi) is 5.68. The van der Waals surface area contributed by atoms with Gasteiger partial charge in [-0.25, -0.2) is 0 Å². The van der Waals surface area contributed by atoms with Gasteiger partial charge in [0.1, 0.15) is 0 Å². The van der Waals surface area contributed by atoms with Crippen LogP contribution in [0.2, 0.25) is 0 Å². The maximum absolute atomic E-state index is 4.19. The molecule has 1 heteroatoms. The molecule has 0 bridgehead atoms. The molecule has 0 aromatic heterocycles. The van der Waals surface area contributed by atoms with Crippen molar-refractivity contribution in [3.05, 3.63) is 11.6 Å². The second-order valence-corrected chi connectivity index (χ2v) is 7.91. The Bertz CT molecular complexity index is 383. The fourth-order valence-electron chi connectivity index (χ4n) is 3.93. The molecule has 0 heterocycles. The van der Waals surface area contributed by atoms with Gasteiger partial charge in [-0.05, 0) is 74.8 Å². The molecule has 2 fully saturated rings. The Morgan fingerprint density at radius 1 is 1.29 bits per heavy atom. The molecule has 7 unspecified atom stereocenters. The molecular formula is C20H35N. The minimum atomic E-state index is 0.402. The number of aliphatic imine (C=N–C) groups is 1. The van der Waals surface area contributed by atoms with Crippen molar-refractivity contribution in [1.29, 1.82) is 0 Å². The smallest absolute Gasteiger partial charge is 0.0492 e. The van der Waals surface area contributed by atoms with E-state index in [4.69, 9.17) is 0 Å². The molecule has 2 saturated carbocycles. The molecule has 21 heavy (non-hydrogen) atoms. The van der Waals surface area contributed by atoms with E-state index < -0.39 is 0 Å². The third-order valence-electron chi connectivity index (χ3n) is 6.41. The predicted octanol–water partition coefficient (Wildman–Crippen LogP) is 5.76. The van der Waals surface area contributed by atoms with E-state index in [-0.39, 0.29) is 0 Å². The molecule has 2 aliphatic rings. The van der Waals surface area contributed by atoms with Crippen molar-refractivity contribution in [2.75, 3.05) is 0 Å². The van der Waals surface area contributed by atoms with Crippen molar-refractivity contribution >= 4 is 6.72 Å². The summed E-state index contributed by atoms with van der Waals surface area (Å²) in [5.41, 5.74) is 1.75. The number of hydrogen-bond acceptors (Lipinski definition) is 1. The summed E-state index contributed by atoms with van der Waals surface area (Å²) in [4.78, 5) is 4.19. The molecule has 2 rings (SSSR count). The third kappa shape index (κ3) is 4.44. The van der Waals surface area contributed by atoms with E-state index in [2.05, 4.69) is 52.4 Å². The highest BCUT2D eigenvalue weighted by molar-refractivity contribution is 5.24. The molecule has 7 atom stereocenters. The Labute approximate surface area is 132 Å². The molecule has 0 aromatic carbocycles. The topological polar surface area (TPSA) is 12.4 Å². The molecule has 0 saturated heterocycles. The van der Waals surface area contributed by atoms with E-state index in [1.165, 1.54) is 32.1 Å². The average Bonchev–Trinajstić information content (AvgIpc) is 3.37. The lowest BCUT2D eigenvalue weighted by Gasteiger charge is -2.23. The Hall–Kier alpha value is -0.590. The summed E-state index contributed by atoms with van der Waals surface area (Å²) in [6, 6.07) is 0.402. The summed E-state index contributed by atoms with van der Waals surface area (Å²) in [5, 5.41) is 0. The van der Waals surface area contributed by atoms with E-state index in [1.807, 2.05) is 0 Å². The van der Waals surface area contributed by atoms with Crippen LogP contribution in [0.3, 0.4) is 0 Å². The Morgan fingerprint density at radius 2 is 2.00 bits per heavy atom. The molecule has 0 N–H and O–H groups in total. The van der Waals surface area contributed by atoms with Crippen LogP contribution in [0.25, 0.3) is 0 Å². The van der Waals surface area contributed by atoms with Crippen LogP contribution in [-0.2, 0) is 0 Å². The van der Waals surface area contributed by atoms with Gasteiger partial charge >= 0.3 is 0 Å². The van der Waals surface area contributed by atoms with Crippen molar-refractivity contribution < 1.29 is 0 Å². The first-order valence-electron chi connectivity index (χ1n) is 9.14. The average molecular weight is 290 g/mol. The van der Waals surface area contributed by atoms with Gasteiger partial charge in [0, 0.05) is 6.04 Å². The van der Waals surface area contributed by atoms with Crippen molar-refractivity contribution in [2.24, 2.45) is 40.5 Å². The van der Waals surface area contributed by atoms with E-state index in [1.54, 1.807) is 5.57 Å². The largest absolute Gasteiger partial charge is 0.298 e. The number of hydrogen-bond donors (Lipinski definition) is 0. The first kappa shape index (κ1) is 16.8. The highest BCUT2D eigenvalue weighted by atomic mass is 14.7. The lowest BCUT2D eigenvalue weighted by molar-refractivity contribution is 0.308. The molecule has 0 aliphatic heterocycles. The number of rotatable bonds is 9. The summed E-state index contributed by atoms with van der Waals surface area (Å²) in [6.07, 6.45) is 9.59. The van der Waals surface area contributed by atoms with Crippen molar-refractivity contribution in [2.45, 2.75) is 72.8 Å². The highest BCUT2D eigenvalue weighted by Gasteiger charge is 2.41. The van der Waals surface area contributed by atoms with Gasteiger partial charge in [-0.2, -0.15) is 0 Å². The van der Waals surface area contributed by atoms with Crippen molar-refractivity contribution in [1.82, 2.24) is 0 Å². The summed E-state index contributed by atoms with van der Waals surface area (Å²) in [7, 11) is 0.